The molecule has 0 fully saturated rings. The molecule has 0 unspecified atom stereocenters. The Hall–Kier alpha value is -3.91. The molecule has 140 valence electrons. The van der Waals surface area contributed by atoms with Crippen molar-refractivity contribution in [1.82, 2.24) is 9.38 Å². The normalized spacial score (nSPS) is 12.2. The van der Waals surface area contributed by atoms with Crippen LogP contribution in [0.1, 0.15) is 5.56 Å². The maximum atomic E-state index is 5.26. The van der Waals surface area contributed by atoms with E-state index in [9.17, 15) is 0 Å². The Morgan fingerprint density at radius 3 is 2.00 bits per heavy atom. The molecule has 5 aromatic carbocycles. The van der Waals surface area contributed by atoms with Gasteiger partial charge in [0.15, 0.2) is 0 Å². The van der Waals surface area contributed by atoms with Gasteiger partial charge in [-0.2, -0.15) is 0 Å². The third kappa shape index (κ3) is 1.91. The molecule has 2 aromatic heterocycles. The lowest BCUT2D eigenvalue weighted by Crippen LogP contribution is -1.92. The summed E-state index contributed by atoms with van der Waals surface area (Å²) in [6.07, 6.45) is 0. The second-order valence-corrected chi connectivity index (χ2v) is 8.13. The van der Waals surface area contributed by atoms with Gasteiger partial charge in [-0.1, -0.05) is 90.5 Å². The summed E-state index contributed by atoms with van der Waals surface area (Å²) in [6.45, 7) is 2.15. The average Bonchev–Trinajstić information content (AvgIpc) is 3.21. The number of aryl methyl sites for hydroxylation is 1. The highest BCUT2D eigenvalue weighted by Crippen LogP contribution is 2.39. The molecule has 0 N–H and O–H groups in total. The molecular formula is C28H18N2. The van der Waals surface area contributed by atoms with Crippen molar-refractivity contribution in [1.29, 1.82) is 0 Å². The zero-order valence-corrected chi connectivity index (χ0v) is 16.6. The van der Waals surface area contributed by atoms with Gasteiger partial charge in [-0.15, -0.1) is 0 Å². The lowest BCUT2D eigenvalue weighted by atomic mass is 10.00. The van der Waals surface area contributed by atoms with Gasteiger partial charge in [-0.05, 0) is 29.1 Å². The number of aromatic nitrogens is 2. The largest absolute Gasteiger partial charge is 0.291 e. The van der Waals surface area contributed by atoms with Crippen LogP contribution in [0.25, 0.3) is 59.9 Å². The monoisotopic (exact) mass is 382 g/mol. The molecule has 2 heteroatoms. The molecule has 0 saturated heterocycles. The minimum Gasteiger partial charge on any atom is -0.291 e. The quantitative estimate of drug-likeness (QED) is 0.250. The molecule has 0 radical (unpaired) electrons. The van der Waals surface area contributed by atoms with Crippen LogP contribution in [0.4, 0.5) is 0 Å². The van der Waals surface area contributed by atoms with Gasteiger partial charge in [0.1, 0.15) is 5.65 Å². The summed E-state index contributed by atoms with van der Waals surface area (Å²) >= 11 is 0. The van der Waals surface area contributed by atoms with Crippen molar-refractivity contribution in [3.8, 4) is 0 Å². The number of para-hydroxylation sites is 1. The number of hydrogen-bond donors (Lipinski definition) is 0. The predicted octanol–water partition coefficient (Wildman–Crippen LogP) is 7.41. The van der Waals surface area contributed by atoms with Crippen molar-refractivity contribution in [2.75, 3.05) is 0 Å². The molecule has 0 bridgehead atoms. The third-order valence-electron chi connectivity index (χ3n) is 6.38. The maximum Gasteiger partial charge on any atom is 0.146 e. The maximum absolute atomic E-state index is 5.26. The minimum absolute atomic E-state index is 1.03. The van der Waals surface area contributed by atoms with Gasteiger partial charge >= 0.3 is 0 Å². The first kappa shape index (κ1) is 15.9. The van der Waals surface area contributed by atoms with E-state index in [0.29, 0.717) is 0 Å². The van der Waals surface area contributed by atoms with Crippen molar-refractivity contribution in [3.63, 3.8) is 0 Å². The van der Waals surface area contributed by atoms with Crippen molar-refractivity contribution < 1.29 is 0 Å². The van der Waals surface area contributed by atoms with Gasteiger partial charge in [-0.25, -0.2) is 4.98 Å². The van der Waals surface area contributed by atoms with E-state index in [1.165, 1.54) is 54.3 Å². The van der Waals surface area contributed by atoms with Crippen molar-refractivity contribution >= 4 is 59.9 Å². The van der Waals surface area contributed by atoms with Crippen LogP contribution in [0.15, 0.2) is 91.0 Å². The molecule has 2 nitrogen and oxygen atoms in total. The number of rotatable bonds is 0. The zero-order valence-electron chi connectivity index (χ0n) is 16.6. The van der Waals surface area contributed by atoms with Crippen LogP contribution in [0.2, 0.25) is 0 Å². The first-order chi connectivity index (χ1) is 14.8. The van der Waals surface area contributed by atoms with Crippen LogP contribution in [0.3, 0.4) is 0 Å². The van der Waals surface area contributed by atoms with E-state index in [1.54, 1.807) is 0 Å². The topological polar surface area (TPSA) is 17.3 Å². The Bertz CT molecular complexity index is 1810. The average molecular weight is 382 g/mol. The molecule has 7 aromatic rings. The van der Waals surface area contributed by atoms with E-state index in [-0.39, 0.29) is 0 Å². The van der Waals surface area contributed by atoms with Crippen molar-refractivity contribution in [2.24, 2.45) is 0 Å². The summed E-state index contributed by atoms with van der Waals surface area (Å²) in [5, 5.41) is 8.71. The van der Waals surface area contributed by atoms with E-state index in [4.69, 9.17) is 4.98 Å². The number of hydrogen-bond acceptors (Lipinski definition) is 1. The van der Waals surface area contributed by atoms with Crippen molar-refractivity contribution in [2.45, 2.75) is 6.92 Å². The fourth-order valence-corrected chi connectivity index (χ4v) is 5.09. The molecule has 0 spiro atoms. The Morgan fingerprint density at radius 1 is 0.567 bits per heavy atom. The second kappa shape index (κ2) is 5.58. The summed E-state index contributed by atoms with van der Waals surface area (Å²) in [5.41, 5.74) is 5.76. The minimum atomic E-state index is 1.03. The first-order valence-electron chi connectivity index (χ1n) is 10.3. The molecule has 2 heterocycles. The fourth-order valence-electron chi connectivity index (χ4n) is 5.09. The molecule has 0 atom stereocenters. The summed E-state index contributed by atoms with van der Waals surface area (Å²) < 4.78 is 2.37. The molecule has 7 rings (SSSR count). The Balaban J connectivity index is 1.92. The van der Waals surface area contributed by atoms with E-state index in [2.05, 4.69) is 102 Å². The van der Waals surface area contributed by atoms with Crippen LogP contribution < -0.4 is 0 Å². The Kier molecular flexibility index (Phi) is 2.97. The standard InChI is InChI=1S/C28H18N2/c1-17-14-15-23-24(16-17)20-10-6-7-13-25(20)30-27-22-12-5-3-9-19(22)18-8-2-4-11-21(18)26(27)29-28(23)30/h2-16H,1H3. The van der Waals surface area contributed by atoms with Gasteiger partial charge in [-0.3, -0.25) is 4.40 Å². The lowest BCUT2D eigenvalue weighted by Gasteiger charge is -2.11. The molecule has 0 aliphatic rings. The zero-order chi connectivity index (χ0) is 19.8. The van der Waals surface area contributed by atoms with Gasteiger partial charge < -0.3 is 0 Å². The van der Waals surface area contributed by atoms with Gasteiger partial charge in [0.2, 0.25) is 0 Å². The highest BCUT2D eigenvalue weighted by Gasteiger charge is 2.18. The van der Waals surface area contributed by atoms with Crippen LogP contribution >= 0.6 is 0 Å². The van der Waals surface area contributed by atoms with Crippen LogP contribution in [-0.4, -0.2) is 9.38 Å². The van der Waals surface area contributed by atoms with Crippen LogP contribution in [0, 0.1) is 6.92 Å². The highest BCUT2D eigenvalue weighted by molar-refractivity contribution is 6.26. The Labute approximate surface area is 173 Å². The second-order valence-electron chi connectivity index (χ2n) is 8.13. The summed E-state index contributed by atoms with van der Waals surface area (Å²) in [7, 11) is 0. The summed E-state index contributed by atoms with van der Waals surface area (Å²) in [4.78, 5) is 5.26. The predicted molar refractivity (Wildman–Crippen MR) is 127 cm³/mol. The van der Waals surface area contributed by atoms with E-state index in [1.807, 2.05) is 0 Å². The number of pyridine rings is 1. The molecule has 0 aliphatic heterocycles. The van der Waals surface area contributed by atoms with E-state index >= 15 is 0 Å². The lowest BCUT2D eigenvalue weighted by molar-refractivity contribution is 1.32. The smallest absolute Gasteiger partial charge is 0.146 e. The van der Waals surface area contributed by atoms with Crippen LogP contribution in [0.5, 0.6) is 0 Å². The highest BCUT2D eigenvalue weighted by atomic mass is 15.0. The van der Waals surface area contributed by atoms with Gasteiger partial charge in [0, 0.05) is 21.5 Å². The number of benzene rings is 5. The molecule has 0 saturated carbocycles. The number of fused-ring (bicyclic) bond motifs is 13. The Morgan fingerprint density at radius 2 is 1.20 bits per heavy atom. The molecule has 30 heavy (non-hydrogen) atoms. The van der Waals surface area contributed by atoms with Crippen LogP contribution in [-0.2, 0) is 0 Å². The summed E-state index contributed by atoms with van der Waals surface area (Å²) in [6, 6.07) is 32.7. The SMILES string of the molecule is Cc1ccc2c(c1)c1ccccc1n1c2nc2c3ccccc3c3ccccc3c21. The number of imidazole rings is 1. The van der Waals surface area contributed by atoms with E-state index < -0.39 is 0 Å². The van der Waals surface area contributed by atoms with Gasteiger partial charge in [0.25, 0.3) is 0 Å². The van der Waals surface area contributed by atoms with Gasteiger partial charge in [0.05, 0.1) is 16.6 Å². The molecule has 0 aliphatic carbocycles. The third-order valence-corrected chi connectivity index (χ3v) is 6.38. The number of nitrogens with zero attached hydrogens (tertiary/aromatic N) is 2. The summed E-state index contributed by atoms with van der Waals surface area (Å²) in [5.74, 6) is 0. The van der Waals surface area contributed by atoms with Crippen molar-refractivity contribution in [3.05, 3.63) is 96.6 Å². The molecule has 0 amide bonds. The fraction of sp³-hybridized carbons (Fsp3) is 0.0357. The van der Waals surface area contributed by atoms with E-state index in [0.717, 1.165) is 11.2 Å². The first-order valence-corrected chi connectivity index (χ1v) is 10.3. The molecular weight excluding hydrogens is 364 g/mol.